The summed E-state index contributed by atoms with van der Waals surface area (Å²) < 4.78 is 0. The van der Waals surface area contributed by atoms with Crippen LogP contribution in [0.5, 0.6) is 0 Å². The monoisotopic (exact) mass is 294 g/mol. The Labute approximate surface area is 123 Å². The van der Waals surface area contributed by atoms with Gasteiger partial charge in [-0.3, -0.25) is 0 Å². The van der Waals surface area contributed by atoms with Crippen LogP contribution in [-0.4, -0.2) is 11.5 Å². The van der Waals surface area contributed by atoms with Crippen LogP contribution in [0.1, 0.15) is 35.5 Å². The quantitative estimate of drug-likeness (QED) is 0.855. The zero-order valence-corrected chi connectivity index (χ0v) is 12.9. The minimum atomic E-state index is 0.341. The largest absolute Gasteiger partial charge is 0.309 e. The first-order valence-corrected chi connectivity index (χ1v) is 7.84. The number of hydrogen-bond donors (Lipinski definition) is 1. The number of thiazole rings is 1. The number of aryl methyl sites for hydroxylation is 1. The molecule has 2 aromatic rings. The highest BCUT2D eigenvalue weighted by molar-refractivity contribution is 7.09. The molecule has 0 spiro atoms. The summed E-state index contributed by atoms with van der Waals surface area (Å²) in [5.74, 6) is 0. The van der Waals surface area contributed by atoms with Gasteiger partial charge in [0.05, 0.1) is 11.2 Å². The molecule has 0 saturated heterocycles. The molecule has 0 aliphatic heterocycles. The van der Waals surface area contributed by atoms with Gasteiger partial charge >= 0.3 is 0 Å². The predicted octanol–water partition coefficient (Wildman–Crippen LogP) is 4.39. The van der Waals surface area contributed by atoms with Crippen molar-refractivity contribution in [1.29, 1.82) is 0 Å². The van der Waals surface area contributed by atoms with Crippen molar-refractivity contribution in [2.24, 2.45) is 0 Å². The second-order valence-electron chi connectivity index (χ2n) is 4.64. The van der Waals surface area contributed by atoms with E-state index in [4.69, 9.17) is 11.6 Å². The van der Waals surface area contributed by atoms with Crippen molar-refractivity contribution in [2.75, 3.05) is 6.54 Å². The van der Waals surface area contributed by atoms with Crippen LogP contribution in [0, 0.1) is 6.92 Å². The molecule has 4 heteroatoms. The normalized spacial score (nSPS) is 12.6. The number of benzene rings is 1. The summed E-state index contributed by atoms with van der Waals surface area (Å²) in [5.41, 5.74) is 4.35. The van der Waals surface area contributed by atoms with Crippen molar-refractivity contribution in [3.05, 3.63) is 50.9 Å². The van der Waals surface area contributed by atoms with Crippen molar-refractivity contribution in [3.63, 3.8) is 0 Å². The Morgan fingerprint density at radius 1 is 1.32 bits per heavy atom. The average Bonchev–Trinajstić information content (AvgIpc) is 2.83. The molecule has 2 nitrogen and oxygen atoms in total. The van der Waals surface area contributed by atoms with Gasteiger partial charge in [-0.05, 0) is 44.0 Å². The van der Waals surface area contributed by atoms with Crippen molar-refractivity contribution in [3.8, 4) is 0 Å². The summed E-state index contributed by atoms with van der Waals surface area (Å²) in [4.78, 5) is 5.70. The standard InChI is InChI=1S/C15H19ClN2S/c1-3-8-17-14(15-11(2)18-10-19-15)9-12-4-6-13(16)7-5-12/h4-7,10,14,17H,3,8-9H2,1-2H3. The van der Waals surface area contributed by atoms with Crippen LogP contribution in [0.3, 0.4) is 0 Å². The molecule has 1 N–H and O–H groups in total. The van der Waals surface area contributed by atoms with Gasteiger partial charge in [0.2, 0.25) is 0 Å². The highest BCUT2D eigenvalue weighted by atomic mass is 35.5. The van der Waals surface area contributed by atoms with E-state index in [0.29, 0.717) is 6.04 Å². The van der Waals surface area contributed by atoms with Gasteiger partial charge in [-0.1, -0.05) is 30.7 Å². The van der Waals surface area contributed by atoms with E-state index in [-0.39, 0.29) is 0 Å². The molecule has 1 aromatic carbocycles. The van der Waals surface area contributed by atoms with E-state index in [1.807, 2.05) is 17.6 Å². The molecule has 1 unspecified atom stereocenters. The molecule has 0 bridgehead atoms. The van der Waals surface area contributed by atoms with Gasteiger partial charge in [0, 0.05) is 15.9 Å². The SMILES string of the molecule is CCCNC(Cc1ccc(Cl)cc1)c1scnc1C. The number of halogens is 1. The zero-order valence-electron chi connectivity index (χ0n) is 11.3. The molecule has 0 aliphatic rings. The van der Waals surface area contributed by atoms with E-state index in [9.17, 15) is 0 Å². The Balaban J connectivity index is 2.14. The van der Waals surface area contributed by atoms with E-state index in [1.54, 1.807) is 11.3 Å². The molecule has 102 valence electrons. The lowest BCUT2D eigenvalue weighted by Gasteiger charge is -2.18. The minimum absolute atomic E-state index is 0.341. The van der Waals surface area contributed by atoms with Gasteiger partial charge in [0.1, 0.15) is 0 Å². The Morgan fingerprint density at radius 2 is 2.05 bits per heavy atom. The third-order valence-corrected chi connectivity index (χ3v) is 4.39. The van der Waals surface area contributed by atoms with Crippen LogP contribution in [0.4, 0.5) is 0 Å². The lowest BCUT2D eigenvalue weighted by molar-refractivity contribution is 0.534. The zero-order chi connectivity index (χ0) is 13.7. The Morgan fingerprint density at radius 3 is 2.63 bits per heavy atom. The van der Waals surface area contributed by atoms with Gasteiger partial charge in [-0.15, -0.1) is 11.3 Å². The first-order chi connectivity index (χ1) is 9.20. The molecule has 2 rings (SSSR count). The van der Waals surface area contributed by atoms with E-state index in [1.165, 1.54) is 10.4 Å². The molecule has 1 heterocycles. The molecule has 19 heavy (non-hydrogen) atoms. The number of rotatable bonds is 6. The number of nitrogens with one attached hydrogen (secondary N) is 1. The van der Waals surface area contributed by atoms with Crippen molar-refractivity contribution in [1.82, 2.24) is 10.3 Å². The summed E-state index contributed by atoms with van der Waals surface area (Å²) >= 11 is 7.66. The second-order valence-corrected chi connectivity index (χ2v) is 5.96. The topological polar surface area (TPSA) is 24.9 Å². The molecule has 0 amide bonds. The van der Waals surface area contributed by atoms with Crippen molar-refractivity contribution >= 4 is 22.9 Å². The molecule has 1 atom stereocenters. The van der Waals surface area contributed by atoms with Crippen molar-refractivity contribution < 1.29 is 0 Å². The predicted molar refractivity (Wildman–Crippen MR) is 83.0 cm³/mol. The first-order valence-electron chi connectivity index (χ1n) is 6.58. The third-order valence-electron chi connectivity index (χ3n) is 3.09. The fourth-order valence-electron chi connectivity index (χ4n) is 2.08. The lowest BCUT2D eigenvalue weighted by atomic mass is 10.0. The molecule has 0 saturated carbocycles. The first kappa shape index (κ1) is 14.5. The maximum absolute atomic E-state index is 5.93. The number of nitrogens with zero attached hydrogens (tertiary/aromatic N) is 1. The lowest BCUT2D eigenvalue weighted by Crippen LogP contribution is -2.24. The minimum Gasteiger partial charge on any atom is -0.309 e. The fourth-order valence-corrected chi connectivity index (χ4v) is 3.08. The third kappa shape index (κ3) is 4.03. The highest BCUT2D eigenvalue weighted by Gasteiger charge is 2.16. The highest BCUT2D eigenvalue weighted by Crippen LogP contribution is 2.25. The maximum Gasteiger partial charge on any atom is 0.0798 e. The van der Waals surface area contributed by atoms with Gasteiger partial charge in [0.25, 0.3) is 0 Å². The summed E-state index contributed by atoms with van der Waals surface area (Å²) in [5, 5.41) is 4.40. The molecular formula is C15H19ClN2S. The summed E-state index contributed by atoms with van der Waals surface area (Å²) in [7, 11) is 0. The van der Waals surface area contributed by atoms with Gasteiger partial charge < -0.3 is 5.32 Å². The average molecular weight is 295 g/mol. The van der Waals surface area contributed by atoms with E-state index >= 15 is 0 Å². The number of hydrogen-bond acceptors (Lipinski definition) is 3. The summed E-state index contributed by atoms with van der Waals surface area (Å²) in [6, 6.07) is 8.44. The van der Waals surface area contributed by atoms with Crippen LogP contribution in [-0.2, 0) is 6.42 Å². The molecule has 0 aliphatic carbocycles. The van der Waals surface area contributed by atoms with Crippen LogP contribution >= 0.6 is 22.9 Å². The molecule has 1 aromatic heterocycles. The Kier molecular flexibility index (Phi) is 5.37. The van der Waals surface area contributed by atoms with Crippen molar-refractivity contribution in [2.45, 2.75) is 32.7 Å². The van der Waals surface area contributed by atoms with E-state index in [2.05, 4.69) is 36.3 Å². The molecule has 0 fully saturated rings. The van der Waals surface area contributed by atoms with Crippen LogP contribution in [0.25, 0.3) is 0 Å². The Bertz CT molecular complexity index is 507. The molecule has 0 radical (unpaired) electrons. The van der Waals surface area contributed by atoms with Gasteiger partial charge in [-0.25, -0.2) is 4.98 Å². The second kappa shape index (κ2) is 7.04. The Hall–Kier alpha value is -0.900. The van der Waals surface area contributed by atoms with Crippen LogP contribution < -0.4 is 5.32 Å². The van der Waals surface area contributed by atoms with E-state index in [0.717, 1.165) is 30.1 Å². The molecular weight excluding hydrogens is 276 g/mol. The van der Waals surface area contributed by atoms with Gasteiger partial charge in [0.15, 0.2) is 0 Å². The summed E-state index contributed by atoms with van der Waals surface area (Å²) in [6.45, 7) is 5.29. The maximum atomic E-state index is 5.93. The number of aromatic nitrogens is 1. The van der Waals surface area contributed by atoms with Crippen LogP contribution in [0.15, 0.2) is 29.8 Å². The smallest absolute Gasteiger partial charge is 0.0798 e. The van der Waals surface area contributed by atoms with E-state index < -0.39 is 0 Å². The van der Waals surface area contributed by atoms with Gasteiger partial charge in [-0.2, -0.15) is 0 Å². The van der Waals surface area contributed by atoms with Crippen LogP contribution in [0.2, 0.25) is 5.02 Å². The fraction of sp³-hybridized carbons (Fsp3) is 0.400. The summed E-state index contributed by atoms with van der Waals surface area (Å²) in [6.07, 6.45) is 2.11.